The van der Waals surface area contributed by atoms with Gasteiger partial charge in [0, 0.05) is 6.08 Å². The summed E-state index contributed by atoms with van der Waals surface area (Å²) in [7, 11) is 0. The van der Waals surface area contributed by atoms with Crippen molar-refractivity contribution in [1.82, 2.24) is 0 Å². The first-order valence-corrected chi connectivity index (χ1v) is 6.38. The van der Waals surface area contributed by atoms with Gasteiger partial charge in [-0.05, 0) is 25.0 Å². The van der Waals surface area contributed by atoms with Crippen LogP contribution in [0.4, 0.5) is 0 Å². The molecule has 16 heavy (non-hydrogen) atoms. The molecule has 0 saturated heterocycles. The van der Waals surface area contributed by atoms with Gasteiger partial charge < -0.3 is 4.74 Å². The van der Waals surface area contributed by atoms with Crippen LogP contribution in [-0.2, 0) is 9.53 Å². The van der Waals surface area contributed by atoms with Gasteiger partial charge in [-0.3, -0.25) is 0 Å². The van der Waals surface area contributed by atoms with E-state index in [-0.39, 0.29) is 12.1 Å². The molecule has 1 atom stereocenters. The van der Waals surface area contributed by atoms with E-state index in [1.807, 2.05) is 6.08 Å². The van der Waals surface area contributed by atoms with Crippen molar-refractivity contribution < 1.29 is 9.53 Å². The minimum Gasteiger partial charge on any atom is -0.451 e. The molecule has 2 heteroatoms. The van der Waals surface area contributed by atoms with Crippen molar-refractivity contribution in [3.8, 4) is 0 Å². The number of hydrogen-bond donors (Lipinski definition) is 0. The quantitative estimate of drug-likeness (QED) is 0.355. The summed E-state index contributed by atoms with van der Waals surface area (Å²) in [5.41, 5.74) is 0. The zero-order valence-corrected chi connectivity index (χ0v) is 10.2. The number of ether oxygens (including phenoxy) is 1. The van der Waals surface area contributed by atoms with Crippen molar-refractivity contribution in [2.24, 2.45) is 0 Å². The number of cyclic esters (lactones) is 1. The molecule has 0 saturated carbocycles. The molecule has 1 heterocycles. The number of esters is 1. The van der Waals surface area contributed by atoms with E-state index in [0.29, 0.717) is 0 Å². The van der Waals surface area contributed by atoms with Crippen LogP contribution in [0.5, 0.6) is 0 Å². The van der Waals surface area contributed by atoms with Gasteiger partial charge >= 0.3 is 5.97 Å². The van der Waals surface area contributed by atoms with E-state index < -0.39 is 0 Å². The maximum absolute atomic E-state index is 10.7. The fourth-order valence-corrected chi connectivity index (χ4v) is 1.76. The Bertz CT molecular complexity index is 253. The molecule has 0 unspecified atom stereocenters. The van der Waals surface area contributed by atoms with Gasteiger partial charge in [-0.25, -0.2) is 4.79 Å². The molecule has 0 fully saturated rings. The second kappa shape index (κ2) is 8.14. The molecule has 0 spiro atoms. The molecule has 0 aromatic rings. The third-order valence-electron chi connectivity index (χ3n) is 2.72. The molecular formula is C14H22O2. The molecule has 0 aliphatic carbocycles. The van der Waals surface area contributed by atoms with E-state index >= 15 is 0 Å². The average molecular weight is 222 g/mol. The summed E-state index contributed by atoms with van der Waals surface area (Å²) in [4.78, 5) is 10.7. The monoisotopic (exact) mass is 222 g/mol. The van der Waals surface area contributed by atoms with Crippen LogP contribution in [0.15, 0.2) is 24.3 Å². The van der Waals surface area contributed by atoms with Gasteiger partial charge in [0.2, 0.25) is 0 Å². The van der Waals surface area contributed by atoms with E-state index in [9.17, 15) is 4.79 Å². The molecule has 1 aliphatic heterocycles. The van der Waals surface area contributed by atoms with E-state index in [0.717, 1.165) is 6.42 Å². The van der Waals surface area contributed by atoms with Crippen LogP contribution in [0.3, 0.4) is 0 Å². The fourth-order valence-electron chi connectivity index (χ4n) is 1.76. The lowest BCUT2D eigenvalue weighted by Crippen LogP contribution is -2.03. The Hall–Kier alpha value is -1.05. The highest BCUT2D eigenvalue weighted by Crippen LogP contribution is 2.09. The summed E-state index contributed by atoms with van der Waals surface area (Å²) < 4.78 is 4.98. The van der Waals surface area contributed by atoms with Gasteiger partial charge in [-0.15, -0.1) is 0 Å². The summed E-state index contributed by atoms with van der Waals surface area (Å²) in [6, 6.07) is 0. The molecule has 0 N–H and O–H groups in total. The summed E-state index contributed by atoms with van der Waals surface area (Å²) in [5, 5.41) is 0. The first-order chi connectivity index (χ1) is 7.83. The summed E-state index contributed by atoms with van der Waals surface area (Å²) in [5.74, 6) is -0.228. The van der Waals surface area contributed by atoms with Crippen LogP contribution in [0.2, 0.25) is 0 Å². The molecule has 0 aromatic heterocycles. The Morgan fingerprint density at radius 1 is 1.25 bits per heavy atom. The van der Waals surface area contributed by atoms with Crippen molar-refractivity contribution in [1.29, 1.82) is 0 Å². The Kier molecular flexibility index (Phi) is 6.62. The molecule has 0 radical (unpaired) electrons. The molecule has 0 amide bonds. The lowest BCUT2D eigenvalue weighted by atomic mass is 10.1. The normalized spacial score (nSPS) is 19.6. The Labute approximate surface area is 98.4 Å². The van der Waals surface area contributed by atoms with E-state index in [1.165, 1.54) is 44.6 Å². The number of rotatable bonds is 8. The third-order valence-corrected chi connectivity index (χ3v) is 2.72. The highest BCUT2D eigenvalue weighted by molar-refractivity contribution is 5.84. The topological polar surface area (TPSA) is 26.3 Å². The largest absolute Gasteiger partial charge is 0.451 e. The smallest absolute Gasteiger partial charge is 0.331 e. The standard InChI is InChI=1S/C14H22O2/c1-2-3-4-5-6-7-8-9-10-13-11-12-14(15)16-13/h9-13H,2-8H2,1H3/b10-9-/t13-/m0/s1. The van der Waals surface area contributed by atoms with Crippen molar-refractivity contribution in [3.63, 3.8) is 0 Å². The Morgan fingerprint density at radius 3 is 2.69 bits per heavy atom. The third kappa shape index (κ3) is 5.74. The van der Waals surface area contributed by atoms with Gasteiger partial charge in [0.25, 0.3) is 0 Å². The van der Waals surface area contributed by atoms with Gasteiger partial charge in [0.1, 0.15) is 6.10 Å². The number of unbranched alkanes of at least 4 members (excludes halogenated alkanes) is 6. The van der Waals surface area contributed by atoms with Crippen LogP contribution < -0.4 is 0 Å². The molecule has 0 bridgehead atoms. The van der Waals surface area contributed by atoms with Crippen LogP contribution in [0, 0.1) is 0 Å². The number of hydrogen-bond acceptors (Lipinski definition) is 2. The van der Waals surface area contributed by atoms with Gasteiger partial charge in [0.05, 0.1) is 0 Å². The minimum atomic E-state index is -0.228. The zero-order chi connectivity index (χ0) is 11.6. The minimum absolute atomic E-state index is 0.118. The summed E-state index contributed by atoms with van der Waals surface area (Å²) >= 11 is 0. The molecule has 1 aliphatic rings. The maximum Gasteiger partial charge on any atom is 0.331 e. The second-order valence-electron chi connectivity index (χ2n) is 4.25. The first-order valence-electron chi connectivity index (χ1n) is 6.38. The van der Waals surface area contributed by atoms with Crippen molar-refractivity contribution >= 4 is 5.97 Å². The van der Waals surface area contributed by atoms with Crippen LogP contribution in [0.1, 0.15) is 51.9 Å². The van der Waals surface area contributed by atoms with Gasteiger partial charge in [-0.1, -0.05) is 45.1 Å². The molecule has 90 valence electrons. The lowest BCUT2D eigenvalue weighted by Gasteiger charge is -2.01. The Balaban J connectivity index is 1.93. The lowest BCUT2D eigenvalue weighted by molar-refractivity contribution is -0.137. The highest BCUT2D eigenvalue weighted by Gasteiger charge is 2.12. The predicted molar refractivity (Wildman–Crippen MR) is 66.2 cm³/mol. The predicted octanol–water partition coefficient (Wildman–Crippen LogP) is 3.77. The molecule has 2 nitrogen and oxygen atoms in total. The van der Waals surface area contributed by atoms with Crippen molar-refractivity contribution in [2.75, 3.05) is 0 Å². The van der Waals surface area contributed by atoms with Crippen molar-refractivity contribution in [2.45, 2.75) is 58.0 Å². The fraction of sp³-hybridized carbons (Fsp3) is 0.643. The number of allylic oxidation sites excluding steroid dienone is 1. The molecule has 1 rings (SSSR count). The van der Waals surface area contributed by atoms with E-state index in [4.69, 9.17) is 4.74 Å². The highest BCUT2D eigenvalue weighted by atomic mass is 16.5. The van der Waals surface area contributed by atoms with E-state index in [2.05, 4.69) is 13.0 Å². The van der Waals surface area contributed by atoms with Crippen LogP contribution in [-0.4, -0.2) is 12.1 Å². The van der Waals surface area contributed by atoms with Crippen LogP contribution in [0.25, 0.3) is 0 Å². The van der Waals surface area contributed by atoms with Gasteiger partial charge in [0.15, 0.2) is 0 Å². The summed E-state index contributed by atoms with van der Waals surface area (Å²) in [6.07, 6.45) is 16.3. The van der Waals surface area contributed by atoms with Gasteiger partial charge in [-0.2, -0.15) is 0 Å². The zero-order valence-electron chi connectivity index (χ0n) is 10.2. The Morgan fingerprint density at radius 2 is 2.00 bits per heavy atom. The summed E-state index contributed by atoms with van der Waals surface area (Å²) in [6.45, 7) is 2.24. The maximum atomic E-state index is 10.7. The second-order valence-corrected chi connectivity index (χ2v) is 4.25. The van der Waals surface area contributed by atoms with E-state index in [1.54, 1.807) is 6.08 Å². The number of carbonyl (C=O) groups excluding carboxylic acids is 1. The SMILES string of the molecule is CCCCCCCC/C=C\[C@H]1C=CC(=O)O1. The van der Waals surface area contributed by atoms with Crippen LogP contribution >= 0.6 is 0 Å². The first kappa shape index (κ1) is 13.0. The molecule has 0 aromatic carbocycles. The number of carbonyl (C=O) groups is 1. The average Bonchev–Trinajstić information content (AvgIpc) is 2.68. The molecular weight excluding hydrogens is 200 g/mol. The van der Waals surface area contributed by atoms with Crippen molar-refractivity contribution in [3.05, 3.63) is 24.3 Å².